The number of benzene rings is 1. The van der Waals surface area contributed by atoms with Crippen LogP contribution in [0.2, 0.25) is 10.0 Å². The van der Waals surface area contributed by atoms with E-state index in [-0.39, 0.29) is 5.91 Å². The summed E-state index contributed by atoms with van der Waals surface area (Å²) in [5, 5.41) is 4.60. The normalized spacial score (nSPS) is 15.5. The zero-order valence-corrected chi connectivity index (χ0v) is 16.3. The first kappa shape index (κ1) is 19.9. The number of methoxy groups -OCH3 is 1. The summed E-state index contributed by atoms with van der Waals surface area (Å²) >= 11 is 12.3. The minimum Gasteiger partial charge on any atom is -0.496 e. The van der Waals surface area contributed by atoms with Crippen molar-refractivity contribution in [3.63, 3.8) is 0 Å². The van der Waals surface area contributed by atoms with Crippen molar-refractivity contribution in [1.29, 1.82) is 0 Å². The van der Waals surface area contributed by atoms with Gasteiger partial charge in [0, 0.05) is 43.3 Å². The van der Waals surface area contributed by atoms with E-state index in [0.29, 0.717) is 28.8 Å². The second-order valence-electron chi connectivity index (χ2n) is 5.45. The summed E-state index contributed by atoms with van der Waals surface area (Å²) in [6.45, 7) is 6.62. The highest BCUT2D eigenvalue weighted by molar-refractivity contribution is 6.45. The molecule has 7 heteroatoms. The van der Waals surface area contributed by atoms with E-state index in [1.165, 1.54) is 6.42 Å². The highest BCUT2D eigenvalue weighted by Crippen LogP contribution is 2.40. The topological polar surface area (TPSA) is 63.4 Å². The molecule has 0 saturated carbocycles. The van der Waals surface area contributed by atoms with Crippen LogP contribution in [0.1, 0.15) is 31.5 Å². The number of fused-ring (bicyclic) bond motifs is 3. The zero-order valence-electron chi connectivity index (χ0n) is 14.8. The van der Waals surface area contributed by atoms with E-state index in [1.807, 2.05) is 13.8 Å². The van der Waals surface area contributed by atoms with Gasteiger partial charge in [-0.3, -0.25) is 4.79 Å². The Morgan fingerprint density at radius 2 is 1.88 bits per heavy atom. The molecule has 0 aliphatic carbocycles. The highest BCUT2D eigenvalue weighted by atomic mass is 35.5. The molecular formula is C18H24Cl2N2O3. The number of halogens is 2. The molecule has 25 heavy (non-hydrogen) atoms. The molecule has 1 aromatic carbocycles. The highest BCUT2D eigenvalue weighted by Gasteiger charge is 2.23. The average molecular weight is 387 g/mol. The minimum atomic E-state index is 0.00720. The lowest BCUT2D eigenvalue weighted by Gasteiger charge is -2.09. The van der Waals surface area contributed by atoms with Crippen LogP contribution in [0.4, 0.5) is 0 Å². The first-order valence-electron chi connectivity index (χ1n) is 8.51. The van der Waals surface area contributed by atoms with E-state index in [1.54, 1.807) is 13.2 Å². The second kappa shape index (κ2) is 9.32. The number of H-pyrrole nitrogens is 1. The van der Waals surface area contributed by atoms with Crippen LogP contribution in [0.3, 0.4) is 0 Å². The Bertz CT molecular complexity index is 736. The zero-order chi connectivity index (χ0) is 18.4. The first-order chi connectivity index (χ1) is 12.1. The number of nitrogens with one attached hydrogen (secondary N) is 2. The van der Waals surface area contributed by atoms with Crippen molar-refractivity contribution in [2.45, 2.75) is 33.1 Å². The quantitative estimate of drug-likeness (QED) is 0.774. The van der Waals surface area contributed by atoms with Crippen LogP contribution >= 0.6 is 23.2 Å². The summed E-state index contributed by atoms with van der Waals surface area (Å²) in [7, 11) is 1.58. The summed E-state index contributed by atoms with van der Waals surface area (Å²) in [6, 6.07) is 1.68. The molecule has 0 radical (unpaired) electrons. The lowest BCUT2D eigenvalue weighted by atomic mass is 10.1. The predicted molar refractivity (Wildman–Crippen MR) is 102 cm³/mol. The largest absolute Gasteiger partial charge is 0.496 e. The van der Waals surface area contributed by atoms with Gasteiger partial charge >= 0.3 is 0 Å². The summed E-state index contributed by atoms with van der Waals surface area (Å²) in [6.07, 6.45) is 2.34. The molecule has 138 valence electrons. The fraction of sp³-hybridized carbons (Fsp3) is 0.500. The second-order valence-corrected chi connectivity index (χ2v) is 6.23. The maximum Gasteiger partial charge on any atom is 0.224 e. The number of aromatic nitrogens is 1. The Balaban J connectivity index is 0.000000324. The van der Waals surface area contributed by atoms with Gasteiger partial charge in [-0.15, -0.1) is 0 Å². The Hall–Kier alpha value is -1.43. The molecule has 0 unspecified atom stereocenters. The van der Waals surface area contributed by atoms with Crippen molar-refractivity contribution in [1.82, 2.24) is 10.3 Å². The number of carbonyl (C=O) groups excluding carboxylic acids is 1. The van der Waals surface area contributed by atoms with E-state index in [4.69, 9.17) is 32.7 Å². The van der Waals surface area contributed by atoms with Gasteiger partial charge in [0.2, 0.25) is 5.91 Å². The molecule has 4 rings (SSSR count). The van der Waals surface area contributed by atoms with Gasteiger partial charge in [0.1, 0.15) is 5.75 Å². The Labute approximate surface area is 158 Å². The number of aromatic amines is 1. The van der Waals surface area contributed by atoms with Crippen molar-refractivity contribution >= 4 is 40.0 Å². The van der Waals surface area contributed by atoms with Crippen molar-refractivity contribution < 1.29 is 14.3 Å². The van der Waals surface area contributed by atoms with E-state index in [2.05, 4.69) is 10.3 Å². The van der Waals surface area contributed by atoms with Gasteiger partial charge in [0.25, 0.3) is 0 Å². The molecule has 1 amide bonds. The van der Waals surface area contributed by atoms with Gasteiger partial charge in [-0.05, 0) is 12.0 Å². The van der Waals surface area contributed by atoms with Gasteiger partial charge in [-0.1, -0.05) is 37.0 Å². The van der Waals surface area contributed by atoms with E-state index < -0.39 is 0 Å². The monoisotopic (exact) mass is 386 g/mol. The third kappa shape index (κ3) is 4.40. The summed E-state index contributed by atoms with van der Waals surface area (Å²) in [4.78, 5) is 15.0. The maximum absolute atomic E-state index is 11.7. The SMILES string of the molecule is C1COC1.CC.COc1cc(Cl)c(Cl)c2[nH]c3c(c12)CC(=O)NCC3. The number of rotatable bonds is 1. The first-order valence-corrected chi connectivity index (χ1v) is 9.27. The molecule has 1 fully saturated rings. The van der Waals surface area contributed by atoms with Crippen LogP contribution in [-0.2, 0) is 22.4 Å². The lowest BCUT2D eigenvalue weighted by Crippen LogP contribution is -2.24. The Morgan fingerprint density at radius 1 is 1.24 bits per heavy atom. The third-order valence-electron chi connectivity index (χ3n) is 3.96. The Kier molecular flexibility index (Phi) is 7.41. The molecule has 0 atom stereocenters. The minimum absolute atomic E-state index is 0.00720. The van der Waals surface area contributed by atoms with Crippen LogP contribution in [-0.4, -0.2) is 37.8 Å². The van der Waals surface area contributed by atoms with Crippen LogP contribution in [0.15, 0.2) is 6.07 Å². The molecule has 5 nitrogen and oxygen atoms in total. The van der Waals surface area contributed by atoms with Crippen LogP contribution in [0.5, 0.6) is 5.75 Å². The molecule has 1 saturated heterocycles. The number of carbonyl (C=O) groups is 1. The molecular weight excluding hydrogens is 363 g/mol. The van der Waals surface area contributed by atoms with Crippen LogP contribution in [0, 0.1) is 0 Å². The molecule has 1 aromatic heterocycles. The molecule has 2 aliphatic heterocycles. The molecule has 0 spiro atoms. The molecule has 3 heterocycles. The molecule has 0 bridgehead atoms. The van der Waals surface area contributed by atoms with Gasteiger partial charge in [0.05, 0.1) is 29.1 Å². The van der Waals surface area contributed by atoms with E-state index >= 15 is 0 Å². The fourth-order valence-corrected chi connectivity index (χ4v) is 3.05. The van der Waals surface area contributed by atoms with Crippen molar-refractivity contribution in [3.05, 3.63) is 27.4 Å². The average Bonchev–Trinajstić information content (AvgIpc) is 2.80. The standard InChI is InChI=1S/C13H12Cl2N2O2.C3H6O.C2H6/c1-19-9-5-7(14)12(15)13-11(9)6-4-10(18)16-3-2-8(6)17-13;1-2-4-3-1;1-2/h5,17H,2-4H2,1H3,(H,16,18);1-3H2;1-2H3. The number of hydrogen-bond acceptors (Lipinski definition) is 3. The van der Waals surface area contributed by atoms with Crippen LogP contribution < -0.4 is 10.1 Å². The van der Waals surface area contributed by atoms with Gasteiger partial charge < -0.3 is 19.8 Å². The van der Waals surface area contributed by atoms with Crippen molar-refractivity contribution in [3.8, 4) is 5.75 Å². The Morgan fingerprint density at radius 3 is 2.44 bits per heavy atom. The summed E-state index contributed by atoms with van der Waals surface area (Å²) in [5.74, 6) is 0.643. The van der Waals surface area contributed by atoms with Gasteiger partial charge in [-0.25, -0.2) is 0 Å². The predicted octanol–water partition coefficient (Wildman–Crippen LogP) is 4.13. The van der Waals surface area contributed by atoms with Gasteiger partial charge in [0.15, 0.2) is 0 Å². The maximum atomic E-state index is 11.7. The number of hydrogen-bond donors (Lipinski definition) is 2. The summed E-state index contributed by atoms with van der Waals surface area (Å²) < 4.78 is 10.1. The molecule has 2 aromatic rings. The lowest BCUT2D eigenvalue weighted by molar-refractivity contribution is -0.120. The molecule has 2 aliphatic rings. The van der Waals surface area contributed by atoms with E-state index in [0.717, 1.165) is 41.8 Å². The fourth-order valence-electron chi connectivity index (χ4n) is 2.66. The van der Waals surface area contributed by atoms with Crippen molar-refractivity contribution in [2.75, 3.05) is 26.9 Å². The number of ether oxygens (including phenoxy) is 2. The molecule has 2 N–H and O–H groups in total. The van der Waals surface area contributed by atoms with Crippen LogP contribution in [0.25, 0.3) is 10.9 Å². The number of amides is 1. The van der Waals surface area contributed by atoms with Crippen molar-refractivity contribution in [2.24, 2.45) is 0 Å². The van der Waals surface area contributed by atoms with Gasteiger partial charge in [-0.2, -0.15) is 0 Å². The summed E-state index contributed by atoms with van der Waals surface area (Å²) in [5.41, 5.74) is 2.70. The third-order valence-corrected chi connectivity index (χ3v) is 4.74. The smallest absolute Gasteiger partial charge is 0.224 e. The van der Waals surface area contributed by atoms with E-state index in [9.17, 15) is 4.79 Å².